The van der Waals surface area contributed by atoms with Crippen molar-refractivity contribution in [1.82, 2.24) is 15.5 Å². The monoisotopic (exact) mass is 415 g/mol. The van der Waals surface area contributed by atoms with Crippen molar-refractivity contribution in [2.45, 2.75) is 63.5 Å². The maximum atomic E-state index is 13.5. The fourth-order valence-electron chi connectivity index (χ4n) is 4.59. The molecular formula is C23H33N3O4. The lowest BCUT2D eigenvalue weighted by molar-refractivity contribution is -0.145. The molecule has 2 aliphatic heterocycles. The van der Waals surface area contributed by atoms with Gasteiger partial charge in [-0.3, -0.25) is 9.59 Å². The summed E-state index contributed by atoms with van der Waals surface area (Å²) in [6.07, 6.45) is 3.48. The van der Waals surface area contributed by atoms with Gasteiger partial charge in [-0.1, -0.05) is 50.6 Å². The number of likely N-dealkylation sites (tertiary alicyclic amines) is 1. The van der Waals surface area contributed by atoms with Gasteiger partial charge in [0, 0.05) is 13.1 Å². The first kappa shape index (κ1) is 22.3. The van der Waals surface area contributed by atoms with Crippen molar-refractivity contribution in [2.24, 2.45) is 5.92 Å². The molecule has 0 saturated carbocycles. The summed E-state index contributed by atoms with van der Waals surface area (Å²) in [5, 5.41) is 15.7. The molecule has 2 saturated heterocycles. The molecule has 0 spiro atoms. The van der Waals surface area contributed by atoms with E-state index in [9.17, 15) is 19.5 Å². The summed E-state index contributed by atoms with van der Waals surface area (Å²) in [5.74, 6) is -1.33. The largest absolute Gasteiger partial charge is 0.480 e. The van der Waals surface area contributed by atoms with Crippen molar-refractivity contribution in [3.8, 4) is 0 Å². The van der Waals surface area contributed by atoms with E-state index in [1.807, 2.05) is 49.1 Å². The third-order valence-corrected chi connectivity index (χ3v) is 6.81. The Bertz CT molecular complexity index is 753. The molecule has 3 atom stereocenters. The molecule has 0 radical (unpaired) electrons. The summed E-state index contributed by atoms with van der Waals surface area (Å²) in [7, 11) is 0. The molecule has 164 valence electrons. The van der Waals surface area contributed by atoms with E-state index in [4.69, 9.17) is 0 Å². The quantitative estimate of drug-likeness (QED) is 0.632. The zero-order valence-electron chi connectivity index (χ0n) is 17.9. The van der Waals surface area contributed by atoms with Crippen molar-refractivity contribution >= 4 is 17.8 Å². The molecule has 3 unspecified atom stereocenters. The Labute approximate surface area is 178 Å². The van der Waals surface area contributed by atoms with E-state index in [1.165, 1.54) is 0 Å². The SMILES string of the molecule is CCC(C)C(NC(=O)C1(c2ccccc2)CCN(C(=O)C2CCCN2)CC1)C(=O)O. The van der Waals surface area contributed by atoms with Crippen molar-refractivity contribution in [3.63, 3.8) is 0 Å². The van der Waals surface area contributed by atoms with Crippen molar-refractivity contribution in [2.75, 3.05) is 19.6 Å². The molecular weight excluding hydrogens is 382 g/mol. The maximum absolute atomic E-state index is 13.5. The van der Waals surface area contributed by atoms with Gasteiger partial charge < -0.3 is 20.6 Å². The van der Waals surface area contributed by atoms with E-state index in [0.717, 1.165) is 24.9 Å². The number of carbonyl (C=O) groups is 3. The predicted octanol–water partition coefficient (Wildman–Crippen LogP) is 1.91. The van der Waals surface area contributed by atoms with Crippen LogP contribution in [0.25, 0.3) is 0 Å². The second-order valence-corrected chi connectivity index (χ2v) is 8.60. The third-order valence-electron chi connectivity index (χ3n) is 6.81. The van der Waals surface area contributed by atoms with E-state index in [2.05, 4.69) is 10.6 Å². The van der Waals surface area contributed by atoms with Crippen molar-refractivity contribution in [1.29, 1.82) is 0 Å². The topological polar surface area (TPSA) is 98.7 Å². The minimum absolute atomic E-state index is 0.109. The second kappa shape index (κ2) is 9.60. The van der Waals surface area contributed by atoms with Crippen LogP contribution >= 0.6 is 0 Å². The van der Waals surface area contributed by atoms with E-state index in [1.54, 1.807) is 0 Å². The number of nitrogens with zero attached hydrogens (tertiary/aromatic N) is 1. The minimum atomic E-state index is -1.01. The number of amides is 2. The third kappa shape index (κ3) is 4.51. The van der Waals surface area contributed by atoms with Crippen molar-refractivity contribution < 1.29 is 19.5 Å². The number of rotatable bonds is 7. The Balaban J connectivity index is 1.80. The van der Waals surface area contributed by atoms with Crippen LogP contribution in [0.15, 0.2) is 30.3 Å². The number of benzene rings is 1. The molecule has 3 N–H and O–H groups in total. The molecule has 7 heteroatoms. The lowest BCUT2D eigenvalue weighted by Gasteiger charge is -2.42. The van der Waals surface area contributed by atoms with Crippen LogP contribution in [-0.4, -0.2) is 59.5 Å². The molecule has 7 nitrogen and oxygen atoms in total. The van der Waals surface area contributed by atoms with E-state index in [-0.39, 0.29) is 23.8 Å². The molecule has 2 aliphatic rings. The second-order valence-electron chi connectivity index (χ2n) is 8.60. The molecule has 2 fully saturated rings. The number of aliphatic carboxylic acids is 1. The lowest BCUT2D eigenvalue weighted by Crippen LogP contribution is -2.58. The average Bonchev–Trinajstić information content (AvgIpc) is 3.31. The summed E-state index contributed by atoms with van der Waals surface area (Å²) in [6, 6.07) is 8.50. The van der Waals surface area contributed by atoms with Gasteiger partial charge in [-0.25, -0.2) is 4.79 Å². The zero-order valence-corrected chi connectivity index (χ0v) is 17.9. The van der Waals surface area contributed by atoms with Gasteiger partial charge >= 0.3 is 5.97 Å². The van der Waals surface area contributed by atoms with E-state index < -0.39 is 17.4 Å². The Morgan fingerprint density at radius 3 is 2.43 bits per heavy atom. The van der Waals surface area contributed by atoms with Crippen LogP contribution in [0.3, 0.4) is 0 Å². The molecule has 2 heterocycles. The number of carboxylic acid groups (broad SMARTS) is 1. The Morgan fingerprint density at radius 1 is 1.23 bits per heavy atom. The minimum Gasteiger partial charge on any atom is -0.480 e. The number of hydrogen-bond donors (Lipinski definition) is 3. The zero-order chi connectivity index (χ0) is 21.7. The van der Waals surface area contributed by atoms with Crippen molar-refractivity contribution in [3.05, 3.63) is 35.9 Å². The van der Waals surface area contributed by atoms with Gasteiger partial charge in [0.25, 0.3) is 0 Å². The number of carbonyl (C=O) groups excluding carboxylic acids is 2. The molecule has 1 aromatic rings. The first-order valence-electron chi connectivity index (χ1n) is 11.0. The highest BCUT2D eigenvalue weighted by molar-refractivity contribution is 5.92. The molecule has 1 aromatic carbocycles. The van der Waals surface area contributed by atoms with E-state index in [0.29, 0.717) is 32.4 Å². The van der Waals surface area contributed by atoms with Crippen LogP contribution in [-0.2, 0) is 19.8 Å². The maximum Gasteiger partial charge on any atom is 0.326 e. The van der Waals surface area contributed by atoms with Crippen LogP contribution in [0.4, 0.5) is 0 Å². The number of piperidine rings is 1. The summed E-state index contributed by atoms with van der Waals surface area (Å²) < 4.78 is 0. The number of nitrogens with one attached hydrogen (secondary N) is 2. The highest BCUT2D eigenvalue weighted by atomic mass is 16.4. The van der Waals surface area contributed by atoms with Crippen LogP contribution in [0.2, 0.25) is 0 Å². The Hall–Kier alpha value is -2.41. The number of hydrogen-bond acceptors (Lipinski definition) is 4. The summed E-state index contributed by atoms with van der Waals surface area (Å²) in [5.41, 5.74) is 0.0457. The van der Waals surface area contributed by atoms with Crippen LogP contribution in [0.1, 0.15) is 51.5 Å². The molecule has 3 rings (SSSR count). The number of carboxylic acids is 1. The van der Waals surface area contributed by atoms with Gasteiger partial charge in [0.05, 0.1) is 11.5 Å². The average molecular weight is 416 g/mol. The highest BCUT2D eigenvalue weighted by Crippen LogP contribution is 2.36. The fraction of sp³-hybridized carbons (Fsp3) is 0.609. The van der Waals surface area contributed by atoms with Gasteiger partial charge in [0.15, 0.2) is 0 Å². The van der Waals surface area contributed by atoms with Gasteiger partial charge in [-0.2, -0.15) is 0 Å². The summed E-state index contributed by atoms with van der Waals surface area (Å²) in [4.78, 5) is 39.9. The fourth-order valence-corrected chi connectivity index (χ4v) is 4.59. The lowest BCUT2D eigenvalue weighted by atomic mass is 9.71. The summed E-state index contributed by atoms with van der Waals surface area (Å²) >= 11 is 0. The molecule has 0 aliphatic carbocycles. The first-order valence-corrected chi connectivity index (χ1v) is 11.0. The standard InChI is InChI=1S/C23H33N3O4/c1-3-16(2)19(21(28)29)25-22(30)23(17-8-5-4-6-9-17)11-14-26(15-12-23)20(27)18-10-7-13-24-18/h4-6,8-9,16,18-19,24H,3,7,10-15H2,1-2H3,(H,25,30)(H,28,29). The Morgan fingerprint density at radius 2 is 1.90 bits per heavy atom. The van der Waals surface area contributed by atoms with Crippen LogP contribution in [0, 0.1) is 5.92 Å². The smallest absolute Gasteiger partial charge is 0.326 e. The molecule has 0 aromatic heterocycles. The van der Waals surface area contributed by atoms with Gasteiger partial charge in [-0.05, 0) is 43.7 Å². The van der Waals surface area contributed by atoms with Crippen LogP contribution in [0.5, 0.6) is 0 Å². The predicted molar refractivity (Wildman–Crippen MR) is 114 cm³/mol. The summed E-state index contributed by atoms with van der Waals surface area (Å²) in [6.45, 7) is 5.60. The molecule has 2 amide bonds. The molecule has 0 bridgehead atoms. The van der Waals surface area contributed by atoms with Crippen LogP contribution < -0.4 is 10.6 Å². The Kier molecular flexibility index (Phi) is 7.13. The molecule has 30 heavy (non-hydrogen) atoms. The van der Waals surface area contributed by atoms with Gasteiger partial charge in [0.2, 0.25) is 11.8 Å². The normalized spacial score (nSPS) is 22.9. The first-order chi connectivity index (χ1) is 14.4. The van der Waals surface area contributed by atoms with Gasteiger partial charge in [-0.15, -0.1) is 0 Å². The van der Waals surface area contributed by atoms with Gasteiger partial charge in [0.1, 0.15) is 6.04 Å². The highest BCUT2D eigenvalue weighted by Gasteiger charge is 2.45. The van der Waals surface area contributed by atoms with E-state index >= 15 is 0 Å².